The van der Waals surface area contributed by atoms with E-state index in [0.29, 0.717) is 0 Å². The predicted octanol–water partition coefficient (Wildman–Crippen LogP) is 1.01. The molecule has 0 fully saturated rings. The van der Waals surface area contributed by atoms with Gasteiger partial charge in [-0.25, -0.2) is 4.79 Å². The summed E-state index contributed by atoms with van der Waals surface area (Å²) < 4.78 is 4.94. The first-order valence-electron chi connectivity index (χ1n) is 3.98. The standard InChI is InChI=1S/C8H17N3O2/c1-8(2,3)13-7(12)10-6(9)11(4)5/h1-5H3,(H2,9,10,12). The van der Waals surface area contributed by atoms with Crippen molar-refractivity contribution in [2.24, 2.45) is 0 Å². The summed E-state index contributed by atoms with van der Waals surface area (Å²) in [6.45, 7) is 5.31. The molecule has 0 unspecified atom stereocenters. The molecular formula is C8H17N3O2. The van der Waals surface area contributed by atoms with Crippen LogP contribution >= 0.6 is 0 Å². The quantitative estimate of drug-likeness (QED) is 0.439. The van der Waals surface area contributed by atoms with Crippen molar-refractivity contribution in [2.75, 3.05) is 14.1 Å². The molecule has 0 heterocycles. The fourth-order valence-electron chi connectivity index (χ4n) is 0.512. The zero-order valence-electron chi connectivity index (χ0n) is 8.76. The molecule has 0 saturated carbocycles. The van der Waals surface area contributed by atoms with Crippen LogP contribution in [0.25, 0.3) is 0 Å². The van der Waals surface area contributed by atoms with Gasteiger partial charge < -0.3 is 9.64 Å². The maximum Gasteiger partial charge on any atom is 0.414 e. The van der Waals surface area contributed by atoms with Crippen molar-refractivity contribution >= 4 is 12.1 Å². The highest BCUT2D eigenvalue weighted by Crippen LogP contribution is 2.06. The van der Waals surface area contributed by atoms with Gasteiger partial charge in [0.05, 0.1) is 0 Å². The van der Waals surface area contributed by atoms with Gasteiger partial charge in [-0.15, -0.1) is 0 Å². The molecular weight excluding hydrogens is 170 g/mol. The molecule has 0 saturated heterocycles. The van der Waals surface area contributed by atoms with Gasteiger partial charge in [-0.05, 0) is 20.8 Å². The van der Waals surface area contributed by atoms with Gasteiger partial charge in [0.15, 0.2) is 5.96 Å². The Hall–Kier alpha value is -1.26. The van der Waals surface area contributed by atoms with Crippen LogP contribution in [0.4, 0.5) is 4.79 Å². The molecule has 2 N–H and O–H groups in total. The summed E-state index contributed by atoms with van der Waals surface area (Å²) in [7, 11) is 3.33. The summed E-state index contributed by atoms with van der Waals surface area (Å²) >= 11 is 0. The van der Waals surface area contributed by atoms with E-state index in [4.69, 9.17) is 10.1 Å². The van der Waals surface area contributed by atoms with E-state index in [0.717, 1.165) is 0 Å². The van der Waals surface area contributed by atoms with Crippen molar-refractivity contribution in [3.8, 4) is 0 Å². The third-order valence-electron chi connectivity index (χ3n) is 1.07. The second kappa shape index (κ2) is 4.11. The topological polar surface area (TPSA) is 65.4 Å². The summed E-state index contributed by atoms with van der Waals surface area (Å²) in [5.74, 6) is 0.00856. The zero-order valence-corrected chi connectivity index (χ0v) is 8.76. The Labute approximate surface area is 78.6 Å². The SMILES string of the molecule is CN(C)C(=N)NC(=O)OC(C)(C)C. The van der Waals surface area contributed by atoms with Crippen LogP contribution in [0.1, 0.15) is 20.8 Å². The molecule has 0 bridgehead atoms. The second-order valence-corrected chi connectivity index (χ2v) is 3.87. The van der Waals surface area contributed by atoms with Crippen molar-refractivity contribution in [3.63, 3.8) is 0 Å². The number of ether oxygens (including phenoxy) is 1. The lowest BCUT2D eigenvalue weighted by Gasteiger charge is -2.21. The minimum atomic E-state index is -0.605. The first-order chi connectivity index (χ1) is 5.72. The van der Waals surface area contributed by atoms with Gasteiger partial charge in [0.25, 0.3) is 0 Å². The maximum absolute atomic E-state index is 11.1. The third kappa shape index (κ3) is 5.95. The van der Waals surface area contributed by atoms with Gasteiger partial charge in [0.2, 0.25) is 0 Å². The molecule has 76 valence electrons. The maximum atomic E-state index is 11.1. The van der Waals surface area contributed by atoms with E-state index < -0.39 is 11.7 Å². The number of carbonyl (C=O) groups is 1. The Balaban J connectivity index is 3.96. The van der Waals surface area contributed by atoms with E-state index >= 15 is 0 Å². The lowest BCUT2D eigenvalue weighted by atomic mass is 10.2. The molecule has 0 aliphatic carbocycles. The van der Waals surface area contributed by atoms with Gasteiger partial charge in [0.1, 0.15) is 5.60 Å². The number of hydrogen-bond acceptors (Lipinski definition) is 3. The largest absolute Gasteiger partial charge is 0.444 e. The third-order valence-corrected chi connectivity index (χ3v) is 1.07. The van der Waals surface area contributed by atoms with Crippen LogP contribution < -0.4 is 5.32 Å². The molecule has 5 heteroatoms. The Morgan fingerprint density at radius 3 is 2.15 bits per heavy atom. The van der Waals surface area contributed by atoms with Crippen LogP contribution in [-0.4, -0.2) is 36.6 Å². The molecule has 1 amide bonds. The Bertz CT molecular complexity index is 206. The van der Waals surface area contributed by atoms with Crippen molar-refractivity contribution in [1.82, 2.24) is 10.2 Å². The lowest BCUT2D eigenvalue weighted by molar-refractivity contribution is 0.0557. The number of hydrogen-bond donors (Lipinski definition) is 2. The molecule has 0 aliphatic heterocycles. The summed E-state index contributed by atoms with van der Waals surface area (Å²) in [5.41, 5.74) is -0.531. The van der Waals surface area contributed by atoms with E-state index in [9.17, 15) is 4.79 Å². The van der Waals surface area contributed by atoms with Gasteiger partial charge in [-0.3, -0.25) is 10.7 Å². The molecule has 13 heavy (non-hydrogen) atoms. The smallest absolute Gasteiger partial charge is 0.414 e. The lowest BCUT2D eigenvalue weighted by Crippen LogP contribution is -2.42. The summed E-state index contributed by atoms with van der Waals surface area (Å²) in [4.78, 5) is 12.5. The zero-order chi connectivity index (χ0) is 10.6. The van der Waals surface area contributed by atoms with Crippen LogP contribution in [0.2, 0.25) is 0 Å². The van der Waals surface area contributed by atoms with Crippen LogP contribution in [0.3, 0.4) is 0 Å². The Kier molecular flexibility index (Phi) is 3.71. The van der Waals surface area contributed by atoms with Gasteiger partial charge >= 0.3 is 6.09 Å². The van der Waals surface area contributed by atoms with Crippen molar-refractivity contribution in [3.05, 3.63) is 0 Å². The molecule has 0 rings (SSSR count). The predicted molar refractivity (Wildman–Crippen MR) is 50.8 cm³/mol. The Morgan fingerprint density at radius 2 is 1.85 bits per heavy atom. The molecule has 0 atom stereocenters. The first-order valence-corrected chi connectivity index (χ1v) is 3.98. The summed E-state index contributed by atoms with van der Waals surface area (Å²) in [6, 6.07) is 0. The van der Waals surface area contributed by atoms with Crippen LogP contribution in [0.5, 0.6) is 0 Å². The van der Waals surface area contributed by atoms with Crippen LogP contribution in [-0.2, 0) is 4.74 Å². The van der Waals surface area contributed by atoms with E-state index in [1.807, 2.05) is 0 Å². The van der Waals surface area contributed by atoms with E-state index in [-0.39, 0.29) is 5.96 Å². The fraction of sp³-hybridized carbons (Fsp3) is 0.750. The molecule has 0 aliphatic rings. The van der Waals surface area contributed by atoms with E-state index in [2.05, 4.69) is 5.32 Å². The number of nitrogens with zero attached hydrogens (tertiary/aromatic N) is 1. The fourth-order valence-corrected chi connectivity index (χ4v) is 0.512. The average Bonchev–Trinajstić information content (AvgIpc) is 1.81. The van der Waals surface area contributed by atoms with Gasteiger partial charge in [-0.1, -0.05) is 0 Å². The highest BCUT2D eigenvalue weighted by atomic mass is 16.6. The van der Waals surface area contributed by atoms with Crippen molar-refractivity contribution in [2.45, 2.75) is 26.4 Å². The number of carbonyl (C=O) groups excluding carboxylic acids is 1. The number of alkyl carbamates (subject to hydrolysis) is 1. The van der Waals surface area contributed by atoms with Crippen LogP contribution in [0.15, 0.2) is 0 Å². The number of rotatable bonds is 0. The molecule has 0 aromatic carbocycles. The average molecular weight is 187 g/mol. The second-order valence-electron chi connectivity index (χ2n) is 3.87. The normalized spacial score (nSPS) is 10.5. The Morgan fingerprint density at radius 1 is 1.38 bits per heavy atom. The first kappa shape index (κ1) is 11.7. The number of amides is 1. The van der Waals surface area contributed by atoms with E-state index in [1.54, 1.807) is 34.9 Å². The molecule has 5 nitrogen and oxygen atoms in total. The minimum absolute atomic E-state index is 0.00856. The number of guanidine groups is 1. The molecule has 0 spiro atoms. The molecule has 0 radical (unpaired) electrons. The molecule has 0 aromatic rings. The highest BCUT2D eigenvalue weighted by Gasteiger charge is 2.17. The van der Waals surface area contributed by atoms with Gasteiger partial charge in [0, 0.05) is 14.1 Å². The highest BCUT2D eigenvalue weighted by molar-refractivity contribution is 5.91. The van der Waals surface area contributed by atoms with Crippen molar-refractivity contribution in [1.29, 1.82) is 5.41 Å². The van der Waals surface area contributed by atoms with E-state index in [1.165, 1.54) is 4.90 Å². The summed E-state index contributed by atoms with van der Waals surface area (Å²) in [6.07, 6.45) is -0.605. The molecule has 0 aromatic heterocycles. The van der Waals surface area contributed by atoms with Gasteiger partial charge in [-0.2, -0.15) is 0 Å². The van der Waals surface area contributed by atoms with Crippen molar-refractivity contribution < 1.29 is 9.53 Å². The van der Waals surface area contributed by atoms with Crippen LogP contribution in [0, 0.1) is 5.41 Å². The number of nitrogens with one attached hydrogen (secondary N) is 2. The summed E-state index contributed by atoms with van der Waals surface area (Å²) in [5, 5.41) is 9.58. The monoisotopic (exact) mass is 187 g/mol. The minimum Gasteiger partial charge on any atom is -0.444 e.